The Kier molecular flexibility index (Phi) is 4.17. The number of halogens is 2. The molecule has 0 aromatic carbocycles. The molecule has 1 atom stereocenters. The average molecular weight is 263 g/mol. The molecular formula is C9H12Cl2N4O. The fourth-order valence-electron chi connectivity index (χ4n) is 1.46. The maximum absolute atomic E-state index is 5.87. The van der Waals surface area contributed by atoms with Gasteiger partial charge in [-0.05, 0) is 0 Å². The first-order valence-corrected chi connectivity index (χ1v) is 5.75. The maximum Gasteiger partial charge on any atom is 0.174 e. The Bertz CT molecular complexity index is 357. The Morgan fingerprint density at radius 1 is 1.50 bits per heavy atom. The van der Waals surface area contributed by atoms with Crippen LogP contribution in [0.15, 0.2) is 6.07 Å². The van der Waals surface area contributed by atoms with Gasteiger partial charge in [0.2, 0.25) is 0 Å². The van der Waals surface area contributed by atoms with E-state index in [2.05, 4.69) is 20.8 Å². The lowest BCUT2D eigenvalue weighted by atomic mass is 10.2. The minimum absolute atomic E-state index is 0.275. The summed E-state index contributed by atoms with van der Waals surface area (Å²) in [5.74, 6) is 0. The zero-order chi connectivity index (χ0) is 11.4. The predicted octanol–water partition coefficient (Wildman–Crippen LogP) is 1.18. The molecule has 1 aromatic heterocycles. The van der Waals surface area contributed by atoms with Gasteiger partial charge in [-0.3, -0.25) is 0 Å². The smallest absolute Gasteiger partial charge is 0.174 e. The summed E-state index contributed by atoms with van der Waals surface area (Å²) in [5, 5.41) is 14.5. The van der Waals surface area contributed by atoms with Crippen molar-refractivity contribution in [2.24, 2.45) is 0 Å². The third kappa shape index (κ3) is 3.18. The highest BCUT2D eigenvalue weighted by Gasteiger charge is 2.13. The summed E-state index contributed by atoms with van der Waals surface area (Å²) in [5.41, 5.74) is 0.689. The fraction of sp³-hybridized carbons (Fsp3) is 0.556. The van der Waals surface area contributed by atoms with Gasteiger partial charge in [0, 0.05) is 25.2 Å². The SMILES string of the molecule is Clc1cc(NCC2COCCN2)c(Cl)nn1. The van der Waals surface area contributed by atoms with Crippen LogP contribution in [0.2, 0.25) is 10.3 Å². The van der Waals surface area contributed by atoms with Crippen LogP contribution in [0, 0.1) is 0 Å². The molecule has 16 heavy (non-hydrogen) atoms. The van der Waals surface area contributed by atoms with Crippen molar-refractivity contribution in [3.63, 3.8) is 0 Å². The second-order valence-corrected chi connectivity index (χ2v) is 4.22. The summed E-state index contributed by atoms with van der Waals surface area (Å²) in [6.45, 7) is 3.04. The molecule has 0 bridgehead atoms. The summed E-state index contributed by atoms with van der Waals surface area (Å²) in [4.78, 5) is 0. The first-order chi connectivity index (χ1) is 7.75. The summed E-state index contributed by atoms with van der Waals surface area (Å²) in [7, 11) is 0. The third-order valence-corrected chi connectivity index (χ3v) is 2.72. The number of hydrogen-bond acceptors (Lipinski definition) is 5. The van der Waals surface area contributed by atoms with Crippen LogP contribution in [0.1, 0.15) is 0 Å². The highest BCUT2D eigenvalue weighted by atomic mass is 35.5. The van der Waals surface area contributed by atoms with E-state index in [-0.39, 0.29) is 6.04 Å². The first-order valence-electron chi connectivity index (χ1n) is 4.99. The second-order valence-electron chi connectivity index (χ2n) is 3.48. The summed E-state index contributed by atoms with van der Waals surface area (Å²) in [6, 6.07) is 1.93. The summed E-state index contributed by atoms with van der Waals surface area (Å²) < 4.78 is 5.33. The molecule has 7 heteroatoms. The Hall–Kier alpha value is -0.620. The molecule has 1 aliphatic heterocycles. The van der Waals surface area contributed by atoms with Crippen molar-refractivity contribution in [1.82, 2.24) is 15.5 Å². The van der Waals surface area contributed by atoms with Gasteiger partial charge in [0.1, 0.15) is 0 Å². The molecular weight excluding hydrogens is 251 g/mol. The normalized spacial score (nSPS) is 20.8. The minimum atomic E-state index is 0.275. The van der Waals surface area contributed by atoms with Crippen LogP contribution in [-0.4, -0.2) is 42.5 Å². The molecule has 2 heterocycles. The zero-order valence-corrected chi connectivity index (χ0v) is 10.1. The van der Waals surface area contributed by atoms with Gasteiger partial charge in [-0.2, -0.15) is 0 Å². The number of anilines is 1. The number of rotatable bonds is 3. The van der Waals surface area contributed by atoms with Gasteiger partial charge in [0.25, 0.3) is 0 Å². The largest absolute Gasteiger partial charge is 0.381 e. The molecule has 2 N–H and O–H groups in total. The van der Waals surface area contributed by atoms with E-state index in [0.717, 1.165) is 13.2 Å². The van der Waals surface area contributed by atoms with E-state index in [1.165, 1.54) is 0 Å². The van der Waals surface area contributed by atoms with Gasteiger partial charge < -0.3 is 15.4 Å². The Balaban J connectivity index is 1.90. The van der Waals surface area contributed by atoms with Crippen LogP contribution in [0.25, 0.3) is 0 Å². The number of hydrogen-bond donors (Lipinski definition) is 2. The average Bonchev–Trinajstić information content (AvgIpc) is 2.32. The lowest BCUT2D eigenvalue weighted by Gasteiger charge is -2.24. The lowest BCUT2D eigenvalue weighted by Crippen LogP contribution is -2.45. The Morgan fingerprint density at radius 3 is 3.12 bits per heavy atom. The molecule has 0 aliphatic carbocycles. The topological polar surface area (TPSA) is 59.1 Å². The van der Waals surface area contributed by atoms with Crippen molar-refractivity contribution in [2.75, 3.05) is 31.6 Å². The van der Waals surface area contributed by atoms with E-state index in [1.54, 1.807) is 6.07 Å². The zero-order valence-electron chi connectivity index (χ0n) is 8.54. The number of nitrogens with zero attached hydrogens (tertiary/aromatic N) is 2. The molecule has 1 aliphatic rings. The molecule has 1 unspecified atom stereocenters. The van der Waals surface area contributed by atoms with Crippen LogP contribution in [-0.2, 0) is 4.74 Å². The van der Waals surface area contributed by atoms with Gasteiger partial charge >= 0.3 is 0 Å². The first kappa shape index (κ1) is 11.9. The molecule has 0 amide bonds. The second kappa shape index (κ2) is 5.63. The van der Waals surface area contributed by atoms with Crippen molar-refractivity contribution in [3.8, 4) is 0 Å². The van der Waals surface area contributed by atoms with Crippen molar-refractivity contribution in [3.05, 3.63) is 16.4 Å². The van der Waals surface area contributed by atoms with E-state index in [4.69, 9.17) is 27.9 Å². The predicted molar refractivity (Wildman–Crippen MR) is 63.2 cm³/mol. The number of morpholine rings is 1. The highest BCUT2D eigenvalue weighted by Crippen LogP contribution is 2.20. The number of nitrogens with one attached hydrogen (secondary N) is 2. The molecule has 0 saturated carbocycles. The van der Waals surface area contributed by atoms with E-state index in [0.29, 0.717) is 29.1 Å². The summed E-state index contributed by atoms with van der Waals surface area (Å²) >= 11 is 11.6. The van der Waals surface area contributed by atoms with Gasteiger partial charge in [0.05, 0.1) is 18.9 Å². The van der Waals surface area contributed by atoms with Gasteiger partial charge in [-0.15, -0.1) is 10.2 Å². The molecule has 0 radical (unpaired) electrons. The minimum Gasteiger partial charge on any atom is -0.381 e. The van der Waals surface area contributed by atoms with Crippen LogP contribution in [0.5, 0.6) is 0 Å². The van der Waals surface area contributed by atoms with Gasteiger partial charge in [-0.25, -0.2) is 0 Å². The fourth-order valence-corrected chi connectivity index (χ4v) is 1.77. The van der Waals surface area contributed by atoms with Crippen molar-refractivity contribution in [2.45, 2.75) is 6.04 Å². The van der Waals surface area contributed by atoms with E-state index >= 15 is 0 Å². The Labute approximate surface area is 103 Å². The quantitative estimate of drug-likeness (QED) is 0.857. The molecule has 88 valence electrons. The Morgan fingerprint density at radius 2 is 2.38 bits per heavy atom. The van der Waals surface area contributed by atoms with Crippen LogP contribution in [0.4, 0.5) is 5.69 Å². The number of aromatic nitrogens is 2. The molecule has 1 saturated heterocycles. The van der Waals surface area contributed by atoms with E-state index < -0.39 is 0 Å². The molecule has 1 fully saturated rings. The third-order valence-electron chi connectivity index (χ3n) is 2.26. The molecule has 5 nitrogen and oxygen atoms in total. The van der Waals surface area contributed by atoms with Gasteiger partial charge in [0.15, 0.2) is 10.3 Å². The van der Waals surface area contributed by atoms with Crippen molar-refractivity contribution < 1.29 is 4.74 Å². The lowest BCUT2D eigenvalue weighted by molar-refractivity contribution is 0.0806. The summed E-state index contributed by atoms with van der Waals surface area (Å²) in [6.07, 6.45) is 0. The monoisotopic (exact) mass is 262 g/mol. The maximum atomic E-state index is 5.87. The van der Waals surface area contributed by atoms with E-state index in [9.17, 15) is 0 Å². The number of ether oxygens (including phenoxy) is 1. The molecule has 0 spiro atoms. The van der Waals surface area contributed by atoms with E-state index in [1.807, 2.05) is 0 Å². The van der Waals surface area contributed by atoms with Crippen LogP contribution >= 0.6 is 23.2 Å². The van der Waals surface area contributed by atoms with Crippen molar-refractivity contribution >= 4 is 28.9 Å². The van der Waals surface area contributed by atoms with Gasteiger partial charge in [-0.1, -0.05) is 23.2 Å². The molecule has 2 rings (SSSR count). The highest BCUT2D eigenvalue weighted by molar-refractivity contribution is 6.33. The van der Waals surface area contributed by atoms with Crippen molar-refractivity contribution in [1.29, 1.82) is 0 Å². The standard InChI is InChI=1S/C9H12Cl2N4O/c10-8-3-7(9(11)15-14-8)13-4-6-5-16-2-1-12-6/h3,6,12H,1-2,4-5H2,(H,13,14). The van der Waals surface area contributed by atoms with Crippen LogP contribution in [0.3, 0.4) is 0 Å². The molecule has 1 aromatic rings. The van der Waals surface area contributed by atoms with Crippen LogP contribution < -0.4 is 10.6 Å².